The highest BCUT2D eigenvalue weighted by atomic mass is 16.6. The second-order valence-corrected chi connectivity index (χ2v) is 1.35. The summed E-state index contributed by atoms with van der Waals surface area (Å²) in [7, 11) is 0. The zero-order chi connectivity index (χ0) is 5.28. The van der Waals surface area contributed by atoms with Gasteiger partial charge in [-0.1, -0.05) is 0 Å². The van der Waals surface area contributed by atoms with E-state index in [2.05, 4.69) is 4.74 Å². The summed E-state index contributed by atoms with van der Waals surface area (Å²) < 4.78 is 4.39. The number of ether oxygens (including phenoxy) is 1. The van der Waals surface area contributed by atoms with Gasteiger partial charge in [-0.15, -0.1) is 0 Å². The third-order valence-corrected chi connectivity index (χ3v) is 0.786. The Hall–Kier alpha value is -0.540. The summed E-state index contributed by atoms with van der Waals surface area (Å²) in [6.07, 6.45) is 0.778. The highest BCUT2D eigenvalue weighted by Crippen LogP contribution is 2.04. The molecule has 3 heteroatoms. The van der Waals surface area contributed by atoms with Crippen LogP contribution in [0, 0.1) is 0 Å². The van der Waals surface area contributed by atoms with Gasteiger partial charge >= 0.3 is 0 Å². The van der Waals surface area contributed by atoms with Crippen molar-refractivity contribution in [3.63, 3.8) is 0 Å². The van der Waals surface area contributed by atoms with Gasteiger partial charge in [0.1, 0.15) is 6.10 Å². The highest BCUT2D eigenvalue weighted by Gasteiger charge is 2.17. The maximum atomic E-state index is 8.54. The molecule has 2 N–H and O–H groups in total. The first kappa shape index (κ1) is 4.61. The van der Waals surface area contributed by atoms with Crippen LogP contribution in [0.1, 0.15) is 0 Å². The van der Waals surface area contributed by atoms with E-state index < -0.39 is 12.4 Å². The van der Waals surface area contributed by atoms with E-state index in [0.717, 1.165) is 0 Å². The first-order chi connectivity index (χ1) is 3.30. The zero-order valence-electron chi connectivity index (χ0n) is 3.61. The number of aliphatic hydroxyl groups excluding tert-OH is 2. The lowest BCUT2D eigenvalue weighted by Crippen LogP contribution is -2.19. The largest absolute Gasteiger partial charge is 0.470 e. The molecule has 0 aromatic heterocycles. The van der Waals surface area contributed by atoms with Gasteiger partial charge in [-0.25, -0.2) is 0 Å². The average molecular weight is 102 g/mol. The average Bonchev–Trinajstić information content (AvgIpc) is 1.91. The Bertz CT molecular complexity index is 88.9. The van der Waals surface area contributed by atoms with E-state index >= 15 is 0 Å². The van der Waals surface area contributed by atoms with Gasteiger partial charge in [0.05, 0.1) is 6.26 Å². The number of hydrogen-bond acceptors (Lipinski definition) is 3. The summed E-state index contributed by atoms with van der Waals surface area (Å²) in [5.41, 5.74) is 0. The molecule has 1 rings (SSSR count). The van der Waals surface area contributed by atoms with Crippen LogP contribution < -0.4 is 0 Å². The minimum atomic E-state index is -1.04. The van der Waals surface area contributed by atoms with Crippen LogP contribution in [-0.4, -0.2) is 22.6 Å². The Balaban J connectivity index is 2.45. The summed E-state index contributed by atoms with van der Waals surface area (Å²) >= 11 is 0. The molecule has 1 unspecified atom stereocenters. The second-order valence-electron chi connectivity index (χ2n) is 1.35. The Kier molecular flexibility index (Phi) is 1.00. The van der Waals surface area contributed by atoms with Gasteiger partial charge in [0.25, 0.3) is 0 Å². The molecule has 1 aliphatic heterocycles. The minimum absolute atomic E-state index is 0.833. The van der Waals surface area contributed by atoms with E-state index in [1.54, 1.807) is 0 Å². The number of aliphatic hydroxyl groups is 2. The van der Waals surface area contributed by atoms with Crippen LogP contribution in [-0.2, 0) is 4.74 Å². The summed E-state index contributed by atoms with van der Waals surface area (Å²) in [5, 5.41) is 17.0. The van der Waals surface area contributed by atoms with Crippen LogP contribution in [0.3, 0.4) is 0 Å². The summed E-state index contributed by atoms with van der Waals surface area (Å²) in [4.78, 5) is 0. The minimum Gasteiger partial charge on any atom is -0.470 e. The van der Waals surface area contributed by atoms with Gasteiger partial charge < -0.3 is 14.9 Å². The van der Waals surface area contributed by atoms with Crippen LogP contribution in [0.5, 0.6) is 0 Å². The van der Waals surface area contributed by atoms with Crippen molar-refractivity contribution in [1.29, 1.82) is 0 Å². The SMILES string of the molecule is OC1OC=C[C@@H]1O. The fourth-order valence-corrected chi connectivity index (χ4v) is 0.382. The molecule has 0 aliphatic carbocycles. The molecule has 0 spiro atoms. The zero-order valence-corrected chi connectivity index (χ0v) is 3.61. The monoisotopic (exact) mass is 102 g/mol. The second kappa shape index (κ2) is 1.52. The van der Waals surface area contributed by atoms with Crippen molar-refractivity contribution in [2.75, 3.05) is 0 Å². The molecule has 1 heterocycles. The lowest BCUT2D eigenvalue weighted by molar-refractivity contribution is -0.0921. The predicted molar refractivity (Wildman–Crippen MR) is 22.2 cm³/mol. The van der Waals surface area contributed by atoms with Gasteiger partial charge in [0.2, 0.25) is 6.29 Å². The summed E-state index contributed by atoms with van der Waals surface area (Å²) in [6, 6.07) is 0. The third kappa shape index (κ3) is 0.730. The Morgan fingerprint density at radius 3 is 2.29 bits per heavy atom. The number of rotatable bonds is 0. The molecule has 0 saturated carbocycles. The van der Waals surface area contributed by atoms with E-state index in [1.165, 1.54) is 12.3 Å². The van der Waals surface area contributed by atoms with E-state index in [0.29, 0.717) is 0 Å². The van der Waals surface area contributed by atoms with Crippen molar-refractivity contribution in [2.45, 2.75) is 12.4 Å². The third-order valence-electron chi connectivity index (χ3n) is 0.786. The van der Waals surface area contributed by atoms with Gasteiger partial charge in [-0.3, -0.25) is 0 Å². The van der Waals surface area contributed by atoms with Gasteiger partial charge in [-0.2, -0.15) is 0 Å². The Morgan fingerprint density at radius 2 is 2.14 bits per heavy atom. The standard InChI is InChI=1S/C4H6O3/c5-3-1-2-7-4(3)6/h1-6H/t3-,4?/m0/s1. The molecule has 0 amide bonds. The molecule has 0 radical (unpaired) electrons. The van der Waals surface area contributed by atoms with Crippen LogP contribution in [0.25, 0.3) is 0 Å². The topological polar surface area (TPSA) is 49.7 Å². The molecule has 3 nitrogen and oxygen atoms in total. The molecule has 0 aromatic carbocycles. The van der Waals surface area contributed by atoms with Crippen molar-refractivity contribution in [2.24, 2.45) is 0 Å². The van der Waals surface area contributed by atoms with Crippen LogP contribution in [0.15, 0.2) is 12.3 Å². The fourth-order valence-electron chi connectivity index (χ4n) is 0.382. The normalized spacial score (nSPS) is 38.6. The molecule has 0 fully saturated rings. The molecule has 2 atom stereocenters. The molecular formula is C4H6O3. The Labute approximate surface area is 40.8 Å². The van der Waals surface area contributed by atoms with Crippen LogP contribution in [0.2, 0.25) is 0 Å². The van der Waals surface area contributed by atoms with E-state index in [4.69, 9.17) is 10.2 Å². The van der Waals surface area contributed by atoms with Crippen LogP contribution in [0.4, 0.5) is 0 Å². The molecule has 0 bridgehead atoms. The quantitative estimate of drug-likeness (QED) is 0.421. The van der Waals surface area contributed by atoms with Crippen molar-refractivity contribution in [1.82, 2.24) is 0 Å². The smallest absolute Gasteiger partial charge is 0.226 e. The molecular weight excluding hydrogens is 96.0 g/mol. The molecule has 0 saturated heterocycles. The molecule has 0 aromatic rings. The number of hydrogen-bond donors (Lipinski definition) is 2. The van der Waals surface area contributed by atoms with Crippen molar-refractivity contribution < 1.29 is 14.9 Å². The van der Waals surface area contributed by atoms with Gasteiger partial charge in [0.15, 0.2) is 0 Å². The molecule has 40 valence electrons. The van der Waals surface area contributed by atoms with Crippen molar-refractivity contribution in [3.8, 4) is 0 Å². The van der Waals surface area contributed by atoms with E-state index in [9.17, 15) is 0 Å². The van der Waals surface area contributed by atoms with Crippen molar-refractivity contribution in [3.05, 3.63) is 12.3 Å². The summed E-state index contributed by atoms with van der Waals surface area (Å²) in [5.74, 6) is 0. The van der Waals surface area contributed by atoms with E-state index in [1.807, 2.05) is 0 Å². The highest BCUT2D eigenvalue weighted by molar-refractivity contribution is 4.91. The first-order valence-electron chi connectivity index (χ1n) is 1.99. The lowest BCUT2D eigenvalue weighted by atomic mass is 10.4. The van der Waals surface area contributed by atoms with Crippen molar-refractivity contribution >= 4 is 0 Å². The summed E-state index contributed by atoms with van der Waals surface area (Å²) in [6.45, 7) is 0. The van der Waals surface area contributed by atoms with Gasteiger partial charge in [0, 0.05) is 0 Å². The molecule has 1 aliphatic rings. The van der Waals surface area contributed by atoms with Crippen LogP contribution >= 0.6 is 0 Å². The first-order valence-corrected chi connectivity index (χ1v) is 1.99. The molecule has 7 heavy (non-hydrogen) atoms. The maximum Gasteiger partial charge on any atom is 0.226 e. The lowest BCUT2D eigenvalue weighted by Gasteiger charge is -2.03. The maximum absolute atomic E-state index is 8.54. The fraction of sp³-hybridized carbons (Fsp3) is 0.500. The van der Waals surface area contributed by atoms with Gasteiger partial charge in [-0.05, 0) is 6.08 Å². The predicted octanol–water partition coefficient (Wildman–Crippen LogP) is -0.790. The Morgan fingerprint density at radius 1 is 1.43 bits per heavy atom. The van der Waals surface area contributed by atoms with E-state index in [-0.39, 0.29) is 0 Å².